The lowest BCUT2D eigenvalue weighted by atomic mass is 9.88. The Morgan fingerprint density at radius 1 is 1.21 bits per heavy atom. The van der Waals surface area contributed by atoms with Gasteiger partial charge < -0.3 is 4.74 Å². The molecule has 1 heterocycles. The summed E-state index contributed by atoms with van der Waals surface area (Å²) in [6.07, 6.45) is 6.46. The summed E-state index contributed by atoms with van der Waals surface area (Å²) in [6, 6.07) is 8.51. The minimum Gasteiger partial charge on any atom is -0.483 e. The van der Waals surface area contributed by atoms with E-state index < -0.39 is 4.92 Å². The molecular weight excluding hydrogens is 568 g/mol. The molecule has 0 amide bonds. The topological polar surface area (TPSA) is 99.6 Å². The van der Waals surface area contributed by atoms with Crippen LogP contribution in [-0.2, 0) is 0 Å². The maximum absolute atomic E-state index is 13.4. The highest BCUT2D eigenvalue weighted by molar-refractivity contribution is 9.10. The second-order valence-corrected chi connectivity index (χ2v) is 10.4. The van der Waals surface area contributed by atoms with Crippen molar-refractivity contribution in [2.45, 2.75) is 58.0 Å². The van der Waals surface area contributed by atoms with Gasteiger partial charge in [0.05, 0.1) is 32.6 Å². The van der Waals surface area contributed by atoms with Crippen molar-refractivity contribution in [1.29, 1.82) is 0 Å². The molecule has 1 aliphatic carbocycles. The van der Waals surface area contributed by atoms with Crippen molar-refractivity contribution in [3.8, 4) is 5.75 Å². The lowest BCUT2D eigenvalue weighted by Crippen LogP contribution is -2.25. The van der Waals surface area contributed by atoms with E-state index in [9.17, 15) is 14.9 Å². The number of nitro groups is 1. The first kappa shape index (κ1) is 24.5. The zero-order valence-electron chi connectivity index (χ0n) is 18.8. The van der Waals surface area contributed by atoms with Crippen LogP contribution in [0.3, 0.4) is 0 Å². The molecule has 178 valence electrons. The van der Waals surface area contributed by atoms with Crippen molar-refractivity contribution in [3.05, 3.63) is 71.1 Å². The minimum atomic E-state index is -0.492. The molecule has 0 radical (unpaired) electrons. The Kier molecular flexibility index (Phi) is 7.47. The number of hydrogen-bond donors (Lipinski definition) is 0. The maximum atomic E-state index is 13.4. The smallest absolute Gasteiger partial charge is 0.312 e. The van der Waals surface area contributed by atoms with Crippen LogP contribution in [0.2, 0.25) is 0 Å². The Labute approximate surface area is 213 Å². The Balaban J connectivity index is 1.83. The van der Waals surface area contributed by atoms with Gasteiger partial charge in [0.15, 0.2) is 0 Å². The second-order valence-electron chi connectivity index (χ2n) is 8.60. The van der Waals surface area contributed by atoms with Crippen LogP contribution in [-0.4, -0.2) is 26.9 Å². The van der Waals surface area contributed by atoms with Gasteiger partial charge in [-0.05, 0) is 66.9 Å². The van der Waals surface area contributed by atoms with Crippen molar-refractivity contribution in [1.82, 2.24) is 9.66 Å². The van der Waals surface area contributed by atoms with E-state index in [1.807, 2.05) is 12.1 Å². The minimum absolute atomic E-state index is 0.134. The Morgan fingerprint density at radius 2 is 1.94 bits per heavy atom. The Morgan fingerprint density at radius 3 is 2.62 bits per heavy atom. The third kappa shape index (κ3) is 5.22. The summed E-state index contributed by atoms with van der Waals surface area (Å²) in [7, 11) is 0. The van der Waals surface area contributed by atoms with Crippen LogP contribution in [0.25, 0.3) is 10.9 Å². The van der Waals surface area contributed by atoms with E-state index in [4.69, 9.17) is 9.72 Å². The van der Waals surface area contributed by atoms with E-state index in [-0.39, 0.29) is 29.0 Å². The van der Waals surface area contributed by atoms with Gasteiger partial charge in [0.25, 0.3) is 5.56 Å². The van der Waals surface area contributed by atoms with E-state index in [1.165, 1.54) is 23.4 Å². The number of hydrogen-bond acceptors (Lipinski definition) is 6. The first-order chi connectivity index (χ1) is 16.2. The zero-order valence-corrected chi connectivity index (χ0v) is 22.0. The van der Waals surface area contributed by atoms with Gasteiger partial charge in [-0.3, -0.25) is 14.9 Å². The van der Waals surface area contributed by atoms with Crippen LogP contribution in [0.5, 0.6) is 5.75 Å². The van der Waals surface area contributed by atoms with E-state index in [1.54, 1.807) is 26.0 Å². The van der Waals surface area contributed by atoms with Crippen LogP contribution in [0.1, 0.15) is 63.3 Å². The number of benzene rings is 2. The second kappa shape index (κ2) is 10.4. The van der Waals surface area contributed by atoms with Gasteiger partial charge in [-0.25, -0.2) is 4.98 Å². The predicted octanol–water partition coefficient (Wildman–Crippen LogP) is 6.55. The first-order valence-corrected chi connectivity index (χ1v) is 12.7. The predicted molar refractivity (Wildman–Crippen MR) is 139 cm³/mol. The van der Waals surface area contributed by atoms with Gasteiger partial charge >= 0.3 is 5.69 Å². The van der Waals surface area contributed by atoms with Gasteiger partial charge in [-0.1, -0.05) is 35.2 Å². The molecule has 34 heavy (non-hydrogen) atoms. The molecule has 8 nitrogen and oxygen atoms in total. The molecule has 0 atom stereocenters. The molecule has 0 spiro atoms. The van der Waals surface area contributed by atoms with Crippen LogP contribution >= 0.6 is 31.9 Å². The summed E-state index contributed by atoms with van der Waals surface area (Å²) in [5.74, 6) is 0.924. The summed E-state index contributed by atoms with van der Waals surface area (Å²) in [5, 5.41) is 16.6. The maximum Gasteiger partial charge on any atom is 0.312 e. The zero-order chi connectivity index (χ0) is 24.4. The molecule has 1 aliphatic rings. The van der Waals surface area contributed by atoms with Crippen molar-refractivity contribution in [3.63, 3.8) is 0 Å². The highest BCUT2D eigenvalue weighted by Crippen LogP contribution is 2.37. The molecular formula is C24H24Br2N4O4. The number of nitro benzene ring substituents is 1. The normalized spacial score (nSPS) is 14.9. The molecule has 0 aliphatic heterocycles. The molecule has 0 saturated heterocycles. The monoisotopic (exact) mass is 590 g/mol. The van der Waals surface area contributed by atoms with E-state index in [2.05, 4.69) is 37.0 Å². The number of aromatic nitrogens is 2. The molecule has 0 N–H and O–H groups in total. The van der Waals surface area contributed by atoms with E-state index in [0.717, 1.165) is 30.2 Å². The average Bonchev–Trinajstić information content (AvgIpc) is 2.80. The van der Waals surface area contributed by atoms with Gasteiger partial charge in [0.2, 0.25) is 5.75 Å². The van der Waals surface area contributed by atoms with Crippen molar-refractivity contribution in [2.24, 2.45) is 5.10 Å². The van der Waals surface area contributed by atoms with Crippen LogP contribution in [0, 0.1) is 10.1 Å². The Hall–Kier alpha value is -2.59. The standard InChI is InChI=1S/C24H24Br2N4O4/c1-14(2)34-22-19(26)10-15(11-21(22)30(32)33)13-27-29-23(16-6-4-3-5-7-16)28-20-9-8-17(25)12-18(20)24(29)31/h8-14,16H,3-7H2,1-2H3. The molecule has 4 rings (SSSR count). The molecule has 1 aromatic heterocycles. The van der Waals surface area contributed by atoms with Gasteiger partial charge in [0.1, 0.15) is 5.82 Å². The fourth-order valence-corrected chi connectivity index (χ4v) is 5.11. The number of fused-ring (bicyclic) bond motifs is 1. The lowest BCUT2D eigenvalue weighted by Gasteiger charge is -2.22. The number of nitrogens with zero attached hydrogens (tertiary/aromatic N) is 4. The summed E-state index contributed by atoms with van der Waals surface area (Å²) in [6.45, 7) is 3.60. The molecule has 3 aromatic rings. The number of ether oxygens (including phenoxy) is 1. The summed E-state index contributed by atoms with van der Waals surface area (Å²) >= 11 is 6.80. The highest BCUT2D eigenvalue weighted by Gasteiger charge is 2.23. The fourth-order valence-electron chi connectivity index (χ4n) is 4.19. The Bertz CT molecular complexity index is 1330. The van der Waals surface area contributed by atoms with Crippen molar-refractivity contribution in [2.75, 3.05) is 0 Å². The summed E-state index contributed by atoms with van der Waals surface area (Å²) < 4.78 is 8.20. The lowest BCUT2D eigenvalue weighted by molar-refractivity contribution is -0.386. The van der Waals surface area contributed by atoms with Crippen LogP contribution in [0.4, 0.5) is 5.69 Å². The van der Waals surface area contributed by atoms with E-state index in [0.29, 0.717) is 26.8 Å². The molecule has 0 bridgehead atoms. The number of halogens is 2. The summed E-state index contributed by atoms with van der Waals surface area (Å²) in [4.78, 5) is 29.4. The largest absolute Gasteiger partial charge is 0.483 e. The van der Waals surface area contributed by atoms with Crippen molar-refractivity contribution >= 4 is 54.7 Å². The molecule has 10 heteroatoms. The quantitative estimate of drug-likeness (QED) is 0.184. The molecule has 0 unspecified atom stereocenters. The molecule has 2 aromatic carbocycles. The fraction of sp³-hybridized carbons (Fsp3) is 0.375. The van der Waals surface area contributed by atoms with Gasteiger partial charge in [0, 0.05) is 22.0 Å². The third-order valence-corrected chi connectivity index (χ3v) is 6.80. The molecule has 1 saturated carbocycles. The number of rotatable bonds is 6. The SMILES string of the molecule is CC(C)Oc1c(Br)cc(C=Nn2c(C3CCCCC3)nc3ccc(Br)cc3c2=O)cc1[N+](=O)[O-]. The molecule has 1 fully saturated rings. The highest BCUT2D eigenvalue weighted by atomic mass is 79.9. The average molecular weight is 592 g/mol. The van der Waals surface area contributed by atoms with Gasteiger partial charge in [-0.2, -0.15) is 9.78 Å². The van der Waals surface area contributed by atoms with Gasteiger partial charge in [-0.15, -0.1) is 0 Å². The van der Waals surface area contributed by atoms with Crippen LogP contribution in [0.15, 0.2) is 49.2 Å². The third-order valence-electron chi connectivity index (χ3n) is 5.72. The van der Waals surface area contributed by atoms with E-state index >= 15 is 0 Å². The van der Waals surface area contributed by atoms with Crippen LogP contribution < -0.4 is 10.3 Å². The van der Waals surface area contributed by atoms with Crippen molar-refractivity contribution < 1.29 is 9.66 Å². The first-order valence-electron chi connectivity index (χ1n) is 11.2. The summed E-state index contributed by atoms with van der Waals surface area (Å²) in [5.41, 5.74) is 0.653.